The fraction of sp³-hybridized carbons (Fsp3) is 0.300. The molecule has 0 radical (unpaired) electrons. The van der Waals surface area contributed by atoms with Crippen LogP contribution < -0.4 is 4.67 Å². The number of hydrogen-bond acceptors (Lipinski definition) is 5. The van der Waals surface area contributed by atoms with Gasteiger partial charge in [-0.25, -0.2) is 4.67 Å². The van der Waals surface area contributed by atoms with Gasteiger partial charge in [-0.1, -0.05) is 48.5 Å². The Morgan fingerprint density at radius 3 is 2.06 bits per heavy atom. The zero-order valence-corrected chi connectivity index (χ0v) is 21.8. The molecule has 4 aromatic carbocycles. The number of benzene rings is 4. The van der Waals surface area contributed by atoms with E-state index in [1.807, 2.05) is 6.92 Å². The van der Waals surface area contributed by atoms with E-state index in [9.17, 15) is 4.79 Å². The summed E-state index contributed by atoms with van der Waals surface area (Å²) in [5.41, 5.74) is 3.90. The van der Waals surface area contributed by atoms with Crippen LogP contribution in [0.25, 0.3) is 43.5 Å². The largest absolute Gasteiger partial charge is 0.466 e. The summed E-state index contributed by atoms with van der Waals surface area (Å²) < 4.78 is 21.2. The van der Waals surface area contributed by atoms with Crippen LogP contribution in [-0.4, -0.2) is 25.7 Å². The normalized spacial score (nSPS) is 16.7. The van der Waals surface area contributed by atoms with Crippen molar-refractivity contribution < 1.29 is 17.9 Å². The Hall–Kier alpha value is -3.27. The highest BCUT2D eigenvalue weighted by atomic mass is 31.1. The number of piperidine rings is 1. The Morgan fingerprint density at radius 2 is 1.50 bits per heavy atom. The minimum atomic E-state index is -1.47. The van der Waals surface area contributed by atoms with Crippen LogP contribution in [0.1, 0.15) is 30.9 Å². The molecule has 1 atom stereocenters. The van der Waals surface area contributed by atoms with Crippen molar-refractivity contribution in [1.29, 1.82) is 0 Å². The fourth-order valence-corrected chi connectivity index (χ4v) is 7.20. The zero-order valence-electron chi connectivity index (χ0n) is 20.9. The number of fused-ring (bicyclic) bond motifs is 7. The lowest BCUT2D eigenvalue weighted by atomic mass is 9.95. The molecule has 1 aliphatic heterocycles. The highest BCUT2D eigenvalue weighted by molar-refractivity contribution is 7.39. The van der Waals surface area contributed by atoms with Crippen LogP contribution in [0.5, 0.6) is 0 Å². The van der Waals surface area contributed by atoms with Crippen LogP contribution in [-0.2, 0) is 9.53 Å². The molecule has 1 unspecified atom stereocenters. The van der Waals surface area contributed by atoms with Crippen molar-refractivity contribution in [2.24, 2.45) is 5.92 Å². The van der Waals surface area contributed by atoms with E-state index < -0.39 is 8.16 Å². The summed E-state index contributed by atoms with van der Waals surface area (Å²) in [5, 5.41) is 6.84. The van der Waals surface area contributed by atoms with Crippen molar-refractivity contribution in [3.8, 4) is 0 Å². The van der Waals surface area contributed by atoms with Gasteiger partial charge >= 0.3 is 14.1 Å². The number of carbonyl (C=O) groups is 1. The summed E-state index contributed by atoms with van der Waals surface area (Å²) in [6.07, 6.45) is 1.74. The maximum atomic E-state index is 12.6. The van der Waals surface area contributed by atoms with E-state index >= 15 is 0 Å². The van der Waals surface area contributed by atoms with Gasteiger partial charge in [-0.3, -0.25) is 4.79 Å². The summed E-state index contributed by atoms with van der Waals surface area (Å²) in [4.78, 5) is 12.6. The first kappa shape index (κ1) is 23.1. The van der Waals surface area contributed by atoms with Crippen molar-refractivity contribution in [3.63, 3.8) is 0 Å². The molecule has 6 heteroatoms. The van der Waals surface area contributed by atoms with Crippen molar-refractivity contribution in [1.82, 2.24) is 0 Å². The SMILES string of the molecule is CCOC(=O)C1CCCN(p2oc3c(C)cc4ccccc4c3c3c(o2)c(C)cc2ccccc23)C1. The number of aryl methyl sites for hydroxylation is 2. The van der Waals surface area contributed by atoms with Crippen LogP contribution in [0.2, 0.25) is 0 Å². The number of rotatable bonds is 3. The van der Waals surface area contributed by atoms with Crippen LogP contribution >= 0.6 is 8.16 Å². The maximum absolute atomic E-state index is 12.6. The van der Waals surface area contributed by atoms with Crippen molar-refractivity contribution in [3.05, 3.63) is 71.8 Å². The molecule has 5 aromatic rings. The lowest BCUT2D eigenvalue weighted by Crippen LogP contribution is -2.37. The molecule has 0 spiro atoms. The van der Waals surface area contributed by atoms with E-state index in [1.165, 1.54) is 10.8 Å². The van der Waals surface area contributed by atoms with E-state index in [0.717, 1.165) is 63.2 Å². The third-order valence-corrected chi connectivity index (χ3v) is 8.72. The summed E-state index contributed by atoms with van der Waals surface area (Å²) in [5.74, 6) is -0.289. The fourth-order valence-electron chi connectivity index (χ4n) is 5.52. The Balaban J connectivity index is 1.71. The first-order valence-corrected chi connectivity index (χ1v) is 13.8. The first-order valence-electron chi connectivity index (χ1n) is 12.7. The number of nitrogens with zero attached hydrogens (tertiary/aromatic N) is 1. The minimum absolute atomic E-state index is 0.128. The summed E-state index contributed by atoms with van der Waals surface area (Å²) >= 11 is 0. The summed E-state index contributed by atoms with van der Waals surface area (Å²) in [7, 11) is -1.47. The van der Waals surface area contributed by atoms with Crippen LogP contribution in [0.4, 0.5) is 0 Å². The smallest absolute Gasteiger partial charge is 0.310 e. The Morgan fingerprint density at radius 1 is 0.944 bits per heavy atom. The monoisotopic (exact) mass is 499 g/mol. The van der Waals surface area contributed by atoms with Gasteiger partial charge in [0.1, 0.15) is 11.2 Å². The molecule has 1 saturated heterocycles. The second-order valence-corrected chi connectivity index (χ2v) is 11.1. The minimum Gasteiger partial charge on any atom is -0.466 e. The number of hydrogen-bond donors (Lipinski definition) is 0. The second kappa shape index (κ2) is 9.31. The van der Waals surface area contributed by atoms with Crippen molar-refractivity contribution in [2.75, 3.05) is 24.4 Å². The van der Waals surface area contributed by atoms with Gasteiger partial charge in [0.2, 0.25) is 0 Å². The molecule has 1 aromatic heterocycles. The van der Waals surface area contributed by atoms with Gasteiger partial charge in [-0.15, -0.1) is 0 Å². The Labute approximate surface area is 211 Å². The first-order chi connectivity index (χ1) is 17.5. The molecule has 0 saturated carbocycles. The predicted octanol–water partition coefficient (Wildman–Crippen LogP) is 8.12. The standard InChI is InChI=1S/C30H30NO4P/c1-4-33-30(32)23-12-9-15-31(18-23)36-34-28-19(2)16-21-10-5-7-13-24(21)26(28)27-25-14-8-6-11-22(25)17-20(3)29(27)35-36/h5-8,10-11,13-14,16-17,23H,4,9,12,15,18H2,1-3H3. The average molecular weight is 500 g/mol. The molecule has 2 heterocycles. The van der Waals surface area contributed by atoms with Gasteiger partial charge in [0.25, 0.3) is 0 Å². The zero-order chi connectivity index (χ0) is 24.8. The molecule has 6 rings (SSSR count). The third-order valence-electron chi connectivity index (χ3n) is 7.21. The lowest BCUT2D eigenvalue weighted by molar-refractivity contribution is -0.148. The summed E-state index contributed by atoms with van der Waals surface area (Å²) in [6, 6.07) is 21.4. The van der Waals surface area contributed by atoms with Crippen molar-refractivity contribution >= 4 is 57.6 Å². The molecular weight excluding hydrogens is 469 g/mol. The van der Waals surface area contributed by atoms with E-state index in [-0.39, 0.29) is 11.9 Å². The van der Waals surface area contributed by atoms with Crippen LogP contribution in [0, 0.1) is 19.8 Å². The highest BCUT2D eigenvalue weighted by Crippen LogP contribution is 2.44. The molecule has 0 aliphatic carbocycles. The van der Waals surface area contributed by atoms with Crippen LogP contribution in [0.3, 0.4) is 0 Å². The number of carbonyl (C=O) groups excluding carboxylic acids is 1. The van der Waals surface area contributed by atoms with Gasteiger partial charge in [0.05, 0.1) is 12.5 Å². The second-order valence-electron chi connectivity index (χ2n) is 9.66. The molecule has 1 aliphatic rings. The van der Waals surface area contributed by atoms with E-state index in [4.69, 9.17) is 13.1 Å². The van der Waals surface area contributed by atoms with Gasteiger partial charge in [0, 0.05) is 23.9 Å². The molecule has 36 heavy (non-hydrogen) atoms. The van der Waals surface area contributed by atoms with Gasteiger partial charge in [-0.05, 0) is 78.4 Å². The molecule has 0 bridgehead atoms. The van der Waals surface area contributed by atoms with E-state index in [2.05, 4.69) is 79.2 Å². The molecule has 184 valence electrons. The molecule has 1 fully saturated rings. The van der Waals surface area contributed by atoms with Gasteiger partial charge in [-0.2, -0.15) is 0 Å². The Kier molecular flexibility index (Phi) is 5.99. The van der Waals surface area contributed by atoms with E-state index in [1.54, 1.807) is 0 Å². The number of esters is 1. The number of ether oxygens (including phenoxy) is 1. The van der Waals surface area contributed by atoms with Crippen molar-refractivity contribution in [2.45, 2.75) is 33.6 Å². The highest BCUT2D eigenvalue weighted by Gasteiger charge is 2.30. The molecule has 5 nitrogen and oxygen atoms in total. The third kappa shape index (κ3) is 3.87. The lowest BCUT2D eigenvalue weighted by Gasteiger charge is -2.28. The quantitative estimate of drug-likeness (QED) is 0.235. The summed E-state index contributed by atoms with van der Waals surface area (Å²) in [6.45, 7) is 7.88. The maximum Gasteiger partial charge on any atom is 0.310 e. The molecular formula is C30H30NO4P. The predicted molar refractivity (Wildman–Crippen MR) is 148 cm³/mol. The van der Waals surface area contributed by atoms with E-state index in [0.29, 0.717) is 13.2 Å². The molecule has 0 amide bonds. The van der Waals surface area contributed by atoms with Gasteiger partial charge in [0.15, 0.2) is 0 Å². The molecule has 0 N–H and O–H groups in total. The topological polar surface area (TPSA) is 55.8 Å². The van der Waals surface area contributed by atoms with Crippen LogP contribution in [0.15, 0.2) is 69.1 Å². The Bertz CT molecular complexity index is 1570. The van der Waals surface area contributed by atoms with Gasteiger partial charge < -0.3 is 13.1 Å². The average Bonchev–Trinajstić information content (AvgIpc) is 3.08.